The number of carbonyl (C=O) groups is 1. The minimum atomic E-state index is -4.39. The van der Waals surface area contributed by atoms with Gasteiger partial charge in [-0.3, -0.25) is 9.69 Å². The molecule has 1 aliphatic heterocycles. The van der Waals surface area contributed by atoms with Gasteiger partial charge in [-0.1, -0.05) is 32.0 Å². The highest BCUT2D eigenvalue weighted by Gasteiger charge is 2.43. The van der Waals surface area contributed by atoms with Gasteiger partial charge in [-0.05, 0) is 24.0 Å². The van der Waals surface area contributed by atoms with Crippen molar-refractivity contribution in [1.29, 1.82) is 0 Å². The van der Waals surface area contributed by atoms with Crippen molar-refractivity contribution in [1.82, 2.24) is 15.5 Å². The number of rotatable bonds is 8. The van der Waals surface area contributed by atoms with Crippen molar-refractivity contribution in [2.75, 3.05) is 39.3 Å². The first-order valence-electron chi connectivity index (χ1n) is 9.32. The summed E-state index contributed by atoms with van der Waals surface area (Å²) < 4.78 is 45.6. The SMILES string of the molecule is CCC(C)c1ccccc1OCC(=O)NCC(N1CCNCC1)C(F)(F)F. The molecule has 2 rings (SSSR count). The molecular formula is C19H28F3N3O2. The number of nitrogens with one attached hydrogen (secondary N) is 2. The van der Waals surface area contributed by atoms with Gasteiger partial charge in [0.15, 0.2) is 6.61 Å². The molecule has 0 spiro atoms. The molecule has 1 fully saturated rings. The summed E-state index contributed by atoms with van der Waals surface area (Å²) in [5.41, 5.74) is 0.988. The Kier molecular flexibility index (Phi) is 7.91. The van der Waals surface area contributed by atoms with Crippen LogP contribution in [-0.2, 0) is 4.79 Å². The lowest BCUT2D eigenvalue weighted by atomic mass is 9.98. The molecule has 1 heterocycles. The van der Waals surface area contributed by atoms with E-state index in [9.17, 15) is 18.0 Å². The van der Waals surface area contributed by atoms with E-state index in [0.29, 0.717) is 31.9 Å². The predicted octanol–water partition coefficient (Wildman–Crippen LogP) is 2.53. The van der Waals surface area contributed by atoms with Crippen LogP contribution >= 0.6 is 0 Å². The van der Waals surface area contributed by atoms with Crippen molar-refractivity contribution in [3.63, 3.8) is 0 Å². The summed E-state index contributed by atoms with van der Waals surface area (Å²) in [6.45, 7) is 4.97. The van der Waals surface area contributed by atoms with E-state index >= 15 is 0 Å². The van der Waals surface area contributed by atoms with Crippen LogP contribution in [0.4, 0.5) is 13.2 Å². The highest BCUT2D eigenvalue weighted by molar-refractivity contribution is 5.77. The zero-order chi connectivity index (χ0) is 19.9. The standard InChI is InChI=1S/C19H28F3N3O2/c1-3-14(2)15-6-4-5-7-16(15)27-13-18(26)24-12-17(19(20,21)22)25-10-8-23-9-11-25/h4-7,14,17,23H,3,8-13H2,1-2H3,(H,24,26). The summed E-state index contributed by atoms with van der Waals surface area (Å²) in [6, 6.07) is 5.73. The third kappa shape index (κ3) is 6.39. The third-order valence-electron chi connectivity index (χ3n) is 4.88. The molecule has 0 saturated carbocycles. The Morgan fingerprint density at radius 1 is 1.30 bits per heavy atom. The molecule has 2 N–H and O–H groups in total. The minimum absolute atomic E-state index is 0.270. The fraction of sp³-hybridized carbons (Fsp3) is 0.632. The normalized spacial score (nSPS) is 18.0. The molecule has 0 bridgehead atoms. The number of ether oxygens (including phenoxy) is 1. The van der Waals surface area contributed by atoms with E-state index in [4.69, 9.17) is 4.74 Å². The summed E-state index contributed by atoms with van der Waals surface area (Å²) in [6.07, 6.45) is -3.47. The molecule has 5 nitrogen and oxygen atoms in total. The Balaban J connectivity index is 1.89. The molecule has 1 amide bonds. The number of nitrogens with zero attached hydrogens (tertiary/aromatic N) is 1. The van der Waals surface area contributed by atoms with E-state index in [1.54, 1.807) is 6.07 Å². The quantitative estimate of drug-likeness (QED) is 0.720. The molecule has 8 heteroatoms. The number of amides is 1. The maximum Gasteiger partial charge on any atom is 0.405 e. The van der Waals surface area contributed by atoms with Crippen LogP contribution in [0.3, 0.4) is 0 Å². The van der Waals surface area contributed by atoms with Gasteiger partial charge in [0.1, 0.15) is 11.8 Å². The minimum Gasteiger partial charge on any atom is -0.483 e. The van der Waals surface area contributed by atoms with E-state index in [0.717, 1.165) is 12.0 Å². The van der Waals surface area contributed by atoms with Gasteiger partial charge in [-0.25, -0.2) is 0 Å². The number of halogens is 3. The molecule has 2 atom stereocenters. The van der Waals surface area contributed by atoms with Crippen molar-refractivity contribution in [2.45, 2.75) is 38.4 Å². The molecule has 1 saturated heterocycles. The van der Waals surface area contributed by atoms with Crippen molar-refractivity contribution < 1.29 is 22.7 Å². The zero-order valence-electron chi connectivity index (χ0n) is 15.8. The number of alkyl halides is 3. The Morgan fingerprint density at radius 2 is 1.96 bits per heavy atom. The molecule has 0 radical (unpaired) electrons. The van der Waals surface area contributed by atoms with Crippen molar-refractivity contribution in [3.8, 4) is 5.75 Å². The lowest BCUT2D eigenvalue weighted by Crippen LogP contribution is -2.57. The van der Waals surface area contributed by atoms with Gasteiger partial charge in [-0.15, -0.1) is 0 Å². The van der Waals surface area contributed by atoms with Crippen LogP contribution in [0.25, 0.3) is 0 Å². The number of piperazine rings is 1. The number of carbonyl (C=O) groups excluding carboxylic acids is 1. The van der Waals surface area contributed by atoms with E-state index in [1.807, 2.05) is 18.2 Å². The van der Waals surface area contributed by atoms with Gasteiger partial charge in [0.05, 0.1) is 0 Å². The topological polar surface area (TPSA) is 53.6 Å². The second-order valence-electron chi connectivity index (χ2n) is 6.78. The van der Waals surface area contributed by atoms with Gasteiger partial charge in [0.25, 0.3) is 5.91 Å². The lowest BCUT2D eigenvalue weighted by molar-refractivity contribution is -0.184. The average Bonchev–Trinajstić information content (AvgIpc) is 2.66. The summed E-state index contributed by atoms with van der Waals surface area (Å²) >= 11 is 0. The molecule has 27 heavy (non-hydrogen) atoms. The highest BCUT2D eigenvalue weighted by atomic mass is 19.4. The van der Waals surface area contributed by atoms with Crippen LogP contribution in [-0.4, -0.2) is 62.4 Å². The van der Waals surface area contributed by atoms with E-state index < -0.39 is 24.7 Å². The highest BCUT2D eigenvalue weighted by Crippen LogP contribution is 2.28. The van der Waals surface area contributed by atoms with E-state index in [2.05, 4.69) is 24.5 Å². The zero-order valence-corrected chi connectivity index (χ0v) is 15.8. The molecule has 0 aromatic heterocycles. The second-order valence-corrected chi connectivity index (χ2v) is 6.78. The monoisotopic (exact) mass is 387 g/mol. The van der Waals surface area contributed by atoms with Crippen LogP contribution in [0.15, 0.2) is 24.3 Å². The fourth-order valence-electron chi connectivity index (χ4n) is 3.09. The first kappa shape index (κ1) is 21.5. The molecule has 1 aromatic carbocycles. The summed E-state index contributed by atoms with van der Waals surface area (Å²) in [5, 5.41) is 5.40. The van der Waals surface area contributed by atoms with Gasteiger partial charge in [-0.2, -0.15) is 13.2 Å². The van der Waals surface area contributed by atoms with Gasteiger partial charge in [0, 0.05) is 32.7 Å². The molecule has 0 aliphatic carbocycles. The van der Waals surface area contributed by atoms with Crippen LogP contribution < -0.4 is 15.4 Å². The van der Waals surface area contributed by atoms with Crippen molar-refractivity contribution in [2.24, 2.45) is 0 Å². The molecule has 1 aromatic rings. The third-order valence-corrected chi connectivity index (χ3v) is 4.88. The fourth-order valence-corrected chi connectivity index (χ4v) is 3.09. The van der Waals surface area contributed by atoms with Crippen molar-refractivity contribution in [3.05, 3.63) is 29.8 Å². The predicted molar refractivity (Wildman–Crippen MR) is 97.9 cm³/mol. The molecule has 152 valence electrons. The first-order valence-corrected chi connectivity index (χ1v) is 9.32. The lowest BCUT2D eigenvalue weighted by Gasteiger charge is -2.35. The Morgan fingerprint density at radius 3 is 2.59 bits per heavy atom. The van der Waals surface area contributed by atoms with Crippen LogP contribution in [0.2, 0.25) is 0 Å². The number of hydrogen-bond donors (Lipinski definition) is 2. The number of benzene rings is 1. The van der Waals surface area contributed by atoms with Gasteiger partial charge < -0.3 is 15.4 Å². The molecule has 2 unspecified atom stereocenters. The largest absolute Gasteiger partial charge is 0.483 e. The maximum absolute atomic E-state index is 13.3. The smallest absolute Gasteiger partial charge is 0.405 e. The van der Waals surface area contributed by atoms with Crippen LogP contribution in [0.5, 0.6) is 5.75 Å². The summed E-state index contributed by atoms with van der Waals surface area (Å²) in [4.78, 5) is 13.4. The number of para-hydroxylation sites is 1. The molecular weight excluding hydrogens is 359 g/mol. The van der Waals surface area contributed by atoms with Crippen LogP contribution in [0.1, 0.15) is 31.7 Å². The van der Waals surface area contributed by atoms with Crippen LogP contribution in [0, 0.1) is 0 Å². The summed E-state index contributed by atoms with van der Waals surface area (Å²) in [5.74, 6) is 0.307. The summed E-state index contributed by atoms with van der Waals surface area (Å²) in [7, 11) is 0. The number of hydrogen-bond acceptors (Lipinski definition) is 4. The second kappa shape index (κ2) is 9.94. The van der Waals surface area contributed by atoms with Gasteiger partial charge >= 0.3 is 6.18 Å². The average molecular weight is 387 g/mol. The Bertz CT molecular complexity index is 604. The maximum atomic E-state index is 13.3. The Labute approximate surface area is 158 Å². The molecule has 1 aliphatic rings. The van der Waals surface area contributed by atoms with E-state index in [1.165, 1.54) is 4.90 Å². The van der Waals surface area contributed by atoms with Crippen molar-refractivity contribution >= 4 is 5.91 Å². The van der Waals surface area contributed by atoms with E-state index in [-0.39, 0.29) is 12.5 Å². The Hall–Kier alpha value is -1.80. The first-order chi connectivity index (χ1) is 12.8. The van der Waals surface area contributed by atoms with Gasteiger partial charge in [0.2, 0.25) is 0 Å².